The van der Waals surface area contributed by atoms with Crippen LogP contribution in [0, 0.1) is 5.92 Å². The lowest BCUT2D eigenvalue weighted by Crippen LogP contribution is -2.46. The van der Waals surface area contributed by atoms with Crippen molar-refractivity contribution in [2.45, 2.75) is 23.8 Å². The van der Waals surface area contributed by atoms with Crippen LogP contribution in [0.1, 0.15) is 12.8 Å². The molecule has 0 bridgehead atoms. The lowest BCUT2D eigenvalue weighted by atomic mass is 9.97. The van der Waals surface area contributed by atoms with E-state index in [0.29, 0.717) is 13.1 Å². The predicted molar refractivity (Wildman–Crippen MR) is 62.0 cm³/mol. The second-order valence-electron chi connectivity index (χ2n) is 4.22. The second-order valence-corrected chi connectivity index (χ2v) is 5.33. The summed E-state index contributed by atoms with van der Waals surface area (Å²) < 4.78 is 37.1. The quantitative estimate of drug-likeness (QED) is 0.805. The van der Waals surface area contributed by atoms with Gasteiger partial charge in [0.2, 0.25) is 5.91 Å². The number of nitrogens with zero attached hydrogens (tertiary/aromatic N) is 1. The fourth-order valence-electron chi connectivity index (χ4n) is 1.97. The van der Waals surface area contributed by atoms with Gasteiger partial charge in [-0.1, -0.05) is 15.9 Å². The van der Waals surface area contributed by atoms with Gasteiger partial charge >= 0.3 is 6.18 Å². The van der Waals surface area contributed by atoms with E-state index in [-0.39, 0.29) is 18.4 Å². The molecule has 0 aromatic heterocycles. The molecule has 7 heteroatoms. The molecule has 17 heavy (non-hydrogen) atoms. The van der Waals surface area contributed by atoms with Crippen molar-refractivity contribution < 1.29 is 18.0 Å². The van der Waals surface area contributed by atoms with E-state index in [1.54, 1.807) is 11.9 Å². The minimum atomic E-state index is -4.24. The first-order chi connectivity index (χ1) is 7.84. The standard InChI is InChI=1S/C10H16BrF3N2O/c1-15-9(17)7-3-2-4-16(5-7)6-8(11)10(12,13)14/h7-8H,2-6H2,1H3,(H,15,17). The second kappa shape index (κ2) is 6.04. The lowest BCUT2D eigenvalue weighted by molar-refractivity contribution is -0.133. The van der Waals surface area contributed by atoms with E-state index in [2.05, 4.69) is 21.2 Å². The van der Waals surface area contributed by atoms with Crippen LogP contribution in [0.5, 0.6) is 0 Å². The molecule has 0 radical (unpaired) electrons. The number of halogens is 4. The van der Waals surface area contributed by atoms with Crippen molar-refractivity contribution in [1.82, 2.24) is 10.2 Å². The summed E-state index contributed by atoms with van der Waals surface area (Å²) in [6.45, 7) is 0.917. The molecular weight excluding hydrogens is 301 g/mol. The summed E-state index contributed by atoms with van der Waals surface area (Å²) in [4.78, 5) is 11.6. The number of carbonyl (C=O) groups is 1. The molecule has 0 aliphatic carbocycles. The van der Waals surface area contributed by atoms with Crippen LogP contribution in [-0.4, -0.2) is 48.5 Å². The SMILES string of the molecule is CNC(=O)C1CCCN(CC(Br)C(F)(F)F)C1. The van der Waals surface area contributed by atoms with Crippen LogP contribution in [0.15, 0.2) is 0 Å². The molecule has 2 unspecified atom stereocenters. The van der Waals surface area contributed by atoms with Crippen LogP contribution in [0.3, 0.4) is 0 Å². The van der Waals surface area contributed by atoms with E-state index < -0.39 is 11.0 Å². The van der Waals surface area contributed by atoms with Gasteiger partial charge in [-0.15, -0.1) is 0 Å². The molecule has 1 N–H and O–H groups in total. The van der Waals surface area contributed by atoms with Crippen molar-refractivity contribution in [3.63, 3.8) is 0 Å². The summed E-state index contributed by atoms with van der Waals surface area (Å²) >= 11 is 2.64. The Labute approximate surface area is 107 Å². The van der Waals surface area contributed by atoms with Crippen molar-refractivity contribution in [2.75, 3.05) is 26.7 Å². The third-order valence-electron chi connectivity index (χ3n) is 2.90. The van der Waals surface area contributed by atoms with Crippen LogP contribution in [0.25, 0.3) is 0 Å². The minimum absolute atomic E-state index is 0.0900. The Morgan fingerprint density at radius 3 is 2.76 bits per heavy atom. The van der Waals surface area contributed by atoms with Gasteiger partial charge in [0.25, 0.3) is 0 Å². The number of amides is 1. The number of alkyl halides is 4. The molecule has 1 heterocycles. The molecule has 0 aromatic rings. The molecule has 1 saturated heterocycles. The average molecular weight is 317 g/mol. The number of hydrogen-bond acceptors (Lipinski definition) is 2. The Morgan fingerprint density at radius 1 is 1.59 bits per heavy atom. The number of carbonyl (C=O) groups excluding carboxylic acids is 1. The van der Waals surface area contributed by atoms with E-state index in [0.717, 1.165) is 12.8 Å². The summed E-state index contributed by atoms with van der Waals surface area (Å²) in [5.41, 5.74) is 0. The normalized spacial score (nSPS) is 24.4. The smallest absolute Gasteiger partial charge is 0.359 e. The monoisotopic (exact) mass is 316 g/mol. The van der Waals surface area contributed by atoms with Crippen LogP contribution >= 0.6 is 15.9 Å². The van der Waals surface area contributed by atoms with Gasteiger partial charge in [0.15, 0.2) is 0 Å². The Morgan fingerprint density at radius 2 is 2.24 bits per heavy atom. The third-order valence-corrected chi connectivity index (χ3v) is 3.71. The van der Waals surface area contributed by atoms with E-state index in [9.17, 15) is 18.0 Å². The first kappa shape index (κ1) is 14.8. The summed E-state index contributed by atoms with van der Waals surface area (Å²) in [5.74, 6) is -0.283. The summed E-state index contributed by atoms with van der Waals surface area (Å²) in [7, 11) is 1.55. The number of likely N-dealkylation sites (tertiary alicyclic amines) is 1. The van der Waals surface area contributed by atoms with Gasteiger partial charge in [-0.05, 0) is 19.4 Å². The molecule has 0 saturated carbocycles. The molecule has 1 amide bonds. The number of hydrogen-bond donors (Lipinski definition) is 1. The van der Waals surface area contributed by atoms with Crippen LogP contribution < -0.4 is 5.32 Å². The van der Waals surface area contributed by atoms with Crippen LogP contribution in [0.2, 0.25) is 0 Å². The summed E-state index contributed by atoms with van der Waals surface area (Å²) in [5, 5.41) is 2.54. The van der Waals surface area contributed by atoms with E-state index in [1.165, 1.54) is 0 Å². The molecule has 1 rings (SSSR count). The maximum Gasteiger partial charge on any atom is 0.402 e. The van der Waals surface area contributed by atoms with Crippen LogP contribution in [0.4, 0.5) is 13.2 Å². The molecule has 0 spiro atoms. The van der Waals surface area contributed by atoms with E-state index >= 15 is 0 Å². The summed E-state index contributed by atoms with van der Waals surface area (Å²) in [6, 6.07) is 0. The molecular formula is C10H16BrF3N2O. The Bertz CT molecular complexity index is 273. The number of nitrogens with one attached hydrogen (secondary N) is 1. The molecule has 100 valence electrons. The summed E-state index contributed by atoms with van der Waals surface area (Å²) in [6.07, 6.45) is -2.73. The molecule has 1 aliphatic rings. The maximum absolute atomic E-state index is 12.4. The van der Waals surface area contributed by atoms with Crippen molar-refractivity contribution in [2.24, 2.45) is 5.92 Å². The van der Waals surface area contributed by atoms with Gasteiger partial charge < -0.3 is 10.2 Å². The Hall–Kier alpha value is -0.300. The van der Waals surface area contributed by atoms with Gasteiger partial charge in [-0.3, -0.25) is 4.79 Å². The Kier molecular flexibility index (Phi) is 5.24. The molecule has 1 fully saturated rings. The molecule has 0 aromatic carbocycles. The van der Waals surface area contributed by atoms with Crippen LogP contribution in [-0.2, 0) is 4.79 Å². The zero-order valence-corrected chi connectivity index (χ0v) is 11.1. The highest BCUT2D eigenvalue weighted by Crippen LogP contribution is 2.28. The third kappa shape index (κ3) is 4.46. The number of piperidine rings is 1. The molecule has 3 nitrogen and oxygen atoms in total. The van der Waals surface area contributed by atoms with Crippen molar-refractivity contribution in [3.05, 3.63) is 0 Å². The highest BCUT2D eigenvalue weighted by Gasteiger charge is 2.39. The number of rotatable bonds is 3. The highest BCUT2D eigenvalue weighted by molar-refractivity contribution is 9.09. The minimum Gasteiger partial charge on any atom is -0.359 e. The van der Waals surface area contributed by atoms with Gasteiger partial charge in [0.05, 0.1) is 5.92 Å². The van der Waals surface area contributed by atoms with Crippen molar-refractivity contribution in [3.8, 4) is 0 Å². The maximum atomic E-state index is 12.4. The lowest BCUT2D eigenvalue weighted by Gasteiger charge is -2.33. The zero-order chi connectivity index (χ0) is 13.1. The predicted octanol–water partition coefficient (Wildman–Crippen LogP) is 1.77. The fourth-order valence-corrected chi connectivity index (χ4v) is 2.38. The first-order valence-electron chi connectivity index (χ1n) is 5.49. The molecule has 1 aliphatic heterocycles. The van der Waals surface area contributed by atoms with Crippen molar-refractivity contribution in [1.29, 1.82) is 0 Å². The van der Waals surface area contributed by atoms with Gasteiger partial charge in [0, 0.05) is 20.1 Å². The largest absolute Gasteiger partial charge is 0.402 e. The average Bonchev–Trinajstić information content (AvgIpc) is 2.27. The molecule has 2 atom stereocenters. The van der Waals surface area contributed by atoms with E-state index in [1.807, 2.05) is 0 Å². The van der Waals surface area contributed by atoms with Crippen molar-refractivity contribution >= 4 is 21.8 Å². The van der Waals surface area contributed by atoms with E-state index in [4.69, 9.17) is 0 Å². The fraction of sp³-hybridized carbons (Fsp3) is 0.900. The highest BCUT2D eigenvalue weighted by atomic mass is 79.9. The first-order valence-corrected chi connectivity index (χ1v) is 6.41. The van der Waals surface area contributed by atoms with Gasteiger partial charge in [-0.25, -0.2) is 0 Å². The topological polar surface area (TPSA) is 32.3 Å². The zero-order valence-electron chi connectivity index (χ0n) is 9.56. The Balaban J connectivity index is 2.47. The van der Waals surface area contributed by atoms with Gasteiger partial charge in [-0.2, -0.15) is 13.2 Å². The van der Waals surface area contributed by atoms with Gasteiger partial charge in [0.1, 0.15) is 4.83 Å².